The summed E-state index contributed by atoms with van der Waals surface area (Å²) >= 11 is 0. The van der Waals surface area contributed by atoms with Crippen molar-refractivity contribution in [3.63, 3.8) is 0 Å². The number of aryl methyl sites for hydroxylation is 1. The van der Waals surface area contributed by atoms with E-state index in [9.17, 15) is 14.9 Å². The first-order valence-electron chi connectivity index (χ1n) is 7.66. The Bertz CT molecular complexity index is 796. The molecule has 1 aromatic carbocycles. The van der Waals surface area contributed by atoms with Crippen molar-refractivity contribution in [2.24, 2.45) is 4.99 Å². The zero-order chi connectivity index (χ0) is 16.4. The fraction of sp³-hybridized carbons (Fsp3) is 0.375. The molecule has 0 aliphatic heterocycles. The molecule has 3 rings (SSSR count). The summed E-state index contributed by atoms with van der Waals surface area (Å²) in [5, 5.41) is 13.7. The number of H-pyrrole nitrogens is 1. The normalized spacial score (nSPS) is 15.5. The lowest BCUT2D eigenvalue weighted by Gasteiger charge is -2.00. The van der Waals surface area contributed by atoms with Gasteiger partial charge in [-0.2, -0.15) is 0 Å². The van der Waals surface area contributed by atoms with Gasteiger partial charge in [-0.05, 0) is 31.9 Å². The van der Waals surface area contributed by atoms with Gasteiger partial charge in [0, 0.05) is 30.1 Å². The number of nitro groups is 1. The van der Waals surface area contributed by atoms with Crippen LogP contribution >= 0.6 is 0 Å². The van der Waals surface area contributed by atoms with Crippen molar-refractivity contribution in [3.8, 4) is 5.69 Å². The van der Waals surface area contributed by atoms with Gasteiger partial charge < -0.3 is 0 Å². The summed E-state index contributed by atoms with van der Waals surface area (Å²) < 4.78 is 1.38. The fourth-order valence-corrected chi connectivity index (χ4v) is 2.85. The number of nitro benzene ring substituents is 1. The first kappa shape index (κ1) is 15.2. The maximum absolute atomic E-state index is 12.5. The molecule has 23 heavy (non-hydrogen) atoms. The van der Waals surface area contributed by atoms with Crippen molar-refractivity contribution >= 4 is 11.9 Å². The van der Waals surface area contributed by atoms with Crippen LogP contribution in [-0.2, 0) is 0 Å². The van der Waals surface area contributed by atoms with Crippen LogP contribution in [0.4, 0.5) is 5.69 Å². The molecule has 2 aromatic rings. The highest BCUT2D eigenvalue weighted by Crippen LogP contribution is 2.20. The van der Waals surface area contributed by atoms with Crippen LogP contribution in [0.5, 0.6) is 0 Å². The average Bonchev–Trinajstić information content (AvgIpc) is 3.14. The third-order valence-corrected chi connectivity index (χ3v) is 4.17. The number of rotatable bonds is 4. The lowest BCUT2D eigenvalue weighted by atomic mass is 10.2. The number of non-ortho nitro benzene ring substituents is 1. The van der Waals surface area contributed by atoms with Crippen LogP contribution in [0, 0.1) is 17.0 Å². The molecule has 0 radical (unpaired) electrons. The second-order valence-electron chi connectivity index (χ2n) is 5.78. The Morgan fingerprint density at radius 1 is 1.30 bits per heavy atom. The van der Waals surface area contributed by atoms with E-state index < -0.39 is 4.92 Å². The maximum Gasteiger partial charge on any atom is 0.280 e. The molecule has 120 valence electrons. The van der Waals surface area contributed by atoms with E-state index in [1.165, 1.54) is 29.7 Å². The molecule has 7 heteroatoms. The van der Waals surface area contributed by atoms with E-state index in [2.05, 4.69) is 10.1 Å². The number of hydrogen-bond acceptors (Lipinski definition) is 4. The SMILES string of the molecule is Cc1[nH]n(-c2ccc([N+](=O)[O-])cc2)c(=O)c1/C=N/C1CCCC1. The topological polar surface area (TPSA) is 93.3 Å². The van der Waals surface area contributed by atoms with Crippen LogP contribution in [-0.4, -0.2) is 27.0 Å². The molecule has 1 saturated carbocycles. The number of hydrogen-bond donors (Lipinski definition) is 1. The third kappa shape index (κ3) is 3.08. The molecule has 1 N–H and O–H groups in total. The van der Waals surface area contributed by atoms with E-state index in [4.69, 9.17) is 0 Å². The Hall–Kier alpha value is -2.70. The number of aliphatic imine (C=N–C) groups is 1. The van der Waals surface area contributed by atoms with Gasteiger partial charge in [0.05, 0.1) is 16.2 Å². The Morgan fingerprint density at radius 2 is 1.96 bits per heavy atom. The molecule has 0 amide bonds. The molecule has 0 spiro atoms. The van der Waals surface area contributed by atoms with E-state index in [0.29, 0.717) is 17.3 Å². The molecule has 0 atom stereocenters. The Kier molecular flexibility index (Phi) is 4.10. The van der Waals surface area contributed by atoms with Gasteiger partial charge in [-0.25, -0.2) is 4.68 Å². The summed E-state index contributed by atoms with van der Waals surface area (Å²) in [6.45, 7) is 1.82. The van der Waals surface area contributed by atoms with Crippen LogP contribution in [0.2, 0.25) is 0 Å². The highest BCUT2D eigenvalue weighted by molar-refractivity contribution is 5.80. The molecule has 0 bridgehead atoms. The van der Waals surface area contributed by atoms with Gasteiger partial charge in [0.25, 0.3) is 11.2 Å². The van der Waals surface area contributed by atoms with Gasteiger partial charge >= 0.3 is 0 Å². The van der Waals surface area contributed by atoms with E-state index in [0.717, 1.165) is 18.5 Å². The summed E-state index contributed by atoms with van der Waals surface area (Å²) in [6.07, 6.45) is 6.21. The van der Waals surface area contributed by atoms with Gasteiger partial charge in [0.2, 0.25) is 0 Å². The molecule has 1 heterocycles. The molecule has 1 aromatic heterocycles. The number of aromatic amines is 1. The first-order valence-corrected chi connectivity index (χ1v) is 7.66. The zero-order valence-corrected chi connectivity index (χ0v) is 12.9. The minimum absolute atomic E-state index is 0.00639. The summed E-state index contributed by atoms with van der Waals surface area (Å²) in [5.74, 6) is 0. The predicted molar refractivity (Wildman–Crippen MR) is 87.6 cm³/mol. The van der Waals surface area contributed by atoms with Crippen LogP contribution in [0.25, 0.3) is 5.69 Å². The largest absolute Gasteiger partial charge is 0.295 e. The quantitative estimate of drug-likeness (QED) is 0.534. The third-order valence-electron chi connectivity index (χ3n) is 4.17. The minimum atomic E-state index is -0.466. The van der Waals surface area contributed by atoms with Crippen molar-refractivity contribution < 1.29 is 4.92 Å². The molecule has 1 fully saturated rings. The summed E-state index contributed by atoms with van der Waals surface area (Å²) in [4.78, 5) is 27.3. The Morgan fingerprint density at radius 3 is 2.57 bits per heavy atom. The van der Waals surface area contributed by atoms with Gasteiger partial charge in [0.15, 0.2) is 0 Å². The van der Waals surface area contributed by atoms with Gasteiger partial charge in [0.1, 0.15) is 0 Å². The summed E-state index contributed by atoms with van der Waals surface area (Å²) in [6, 6.07) is 6.17. The second kappa shape index (κ2) is 6.20. The van der Waals surface area contributed by atoms with Gasteiger partial charge in [-0.15, -0.1) is 0 Å². The zero-order valence-electron chi connectivity index (χ0n) is 12.9. The highest BCUT2D eigenvalue weighted by atomic mass is 16.6. The van der Waals surface area contributed by atoms with Crippen LogP contribution in [0.1, 0.15) is 36.9 Å². The molecular weight excluding hydrogens is 296 g/mol. The summed E-state index contributed by atoms with van der Waals surface area (Å²) in [5.41, 5.74) is 1.63. The predicted octanol–water partition coefficient (Wildman–Crippen LogP) is 2.74. The fourth-order valence-electron chi connectivity index (χ4n) is 2.85. The minimum Gasteiger partial charge on any atom is -0.295 e. The Labute approximate surface area is 132 Å². The van der Waals surface area contributed by atoms with Gasteiger partial charge in [-0.3, -0.25) is 25.0 Å². The first-order chi connectivity index (χ1) is 11.1. The van der Waals surface area contributed by atoms with E-state index in [1.807, 2.05) is 6.92 Å². The maximum atomic E-state index is 12.5. The van der Waals surface area contributed by atoms with Crippen LogP contribution in [0.15, 0.2) is 34.1 Å². The molecule has 1 aliphatic rings. The van der Waals surface area contributed by atoms with Crippen molar-refractivity contribution in [2.45, 2.75) is 38.6 Å². The average molecular weight is 314 g/mol. The van der Waals surface area contributed by atoms with Gasteiger partial charge in [-0.1, -0.05) is 12.8 Å². The lowest BCUT2D eigenvalue weighted by Crippen LogP contribution is -2.17. The van der Waals surface area contributed by atoms with Crippen LogP contribution < -0.4 is 5.56 Å². The van der Waals surface area contributed by atoms with Crippen molar-refractivity contribution in [1.29, 1.82) is 0 Å². The second-order valence-corrected chi connectivity index (χ2v) is 5.78. The summed E-state index contributed by atoms with van der Waals surface area (Å²) in [7, 11) is 0. The molecule has 0 unspecified atom stereocenters. The standard InChI is InChI=1S/C16H18N4O3/c1-11-15(10-17-12-4-2-3-5-12)16(21)19(18-11)13-6-8-14(9-7-13)20(22)23/h6-10,12,18H,2-5H2,1H3/b17-10+. The van der Waals surface area contributed by atoms with E-state index >= 15 is 0 Å². The highest BCUT2D eigenvalue weighted by Gasteiger charge is 2.15. The van der Waals surface area contributed by atoms with Crippen LogP contribution in [0.3, 0.4) is 0 Å². The number of benzene rings is 1. The molecule has 7 nitrogen and oxygen atoms in total. The lowest BCUT2D eigenvalue weighted by molar-refractivity contribution is -0.384. The van der Waals surface area contributed by atoms with Crippen molar-refractivity contribution in [3.05, 3.63) is 56.0 Å². The molecular formula is C16H18N4O3. The smallest absolute Gasteiger partial charge is 0.280 e. The Balaban J connectivity index is 1.90. The monoisotopic (exact) mass is 314 g/mol. The number of nitrogens with one attached hydrogen (secondary N) is 1. The van der Waals surface area contributed by atoms with Crippen molar-refractivity contribution in [2.75, 3.05) is 0 Å². The van der Waals surface area contributed by atoms with Crippen molar-refractivity contribution in [1.82, 2.24) is 9.78 Å². The molecule has 0 saturated heterocycles. The number of nitrogens with zero attached hydrogens (tertiary/aromatic N) is 3. The van der Waals surface area contributed by atoms with E-state index in [-0.39, 0.29) is 11.2 Å². The number of aromatic nitrogens is 2. The molecule has 1 aliphatic carbocycles. The van der Waals surface area contributed by atoms with E-state index in [1.54, 1.807) is 18.3 Å².